The molecule has 0 spiro atoms. The molecule has 0 aliphatic heterocycles. The Morgan fingerprint density at radius 2 is 0.839 bits per heavy atom. The number of hydrogen-bond donors (Lipinski definition) is 0. The van der Waals surface area contributed by atoms with Crippen LogP contribution in [0, 0.1) is 0 Å². The van der Waals surface area contributed by atoms with Crippen LogP contribution in [0.25, 0.3) is 100 Å². The summed E-state index contributed by atoms with van der Waals surface area (Å²) in [6.45, 7) is 0. The number of para-hydroxylation sites is 2. The van der Waals surface area contributed by atoms with E-state index < -0.39 is 0 Å². The van der Waals surface area contributed by atoms with Crippen LogP contribution in [0.1, 0.15) is 0 Å². The van der Waals surface area contributed by atoms with Crippen molar-refractivity contribution in [3.63, 3.8) is 0 Å². The summed E-state index contributed by atoms with van der Waals surface area (Å²) in [6.07, 6.45) is 2.17. The van der Waals surface area contributed by atoms with Crippen LogP contribution < -0.4 is 0 Å². The maximum atomic E-state index is 5.15. The number of benzene rings is 8. The van der Waals surface area contributed by atoms with Crippen LogP contribution >= 0.6 is 0 Å². The Morgan fingerprint density at radius 1 is 0.304 bits per heavy atom. The Hall–Kier alpha value is -7.63. The molecule has 11 rings (SSSR count). The standard InChI is InChI=1S/C51H33N5/c1-5-15-34(16-6-1)38-28-41(51-53-49(35-17-7-2-8-18-35)52-50(54-51)36-19-9-3-10-20-36)30-43(29-38)56-46-24-14-13-23-44(46)45-31-39-27-37-25-26-55(42-21-11-4-12-22-42)47(37)32-40(39)33-48(45)56/h1-33H. The normalized spacial score (nSPS) is 11.6. The number of aromatic nitrogens is 5. The van der Waals surface area contributed by atoms with E-state index >= 15 is 0 Å². The van der Waals surface area contributed by atoms with Crippen LogP contribution in [0.5, 0.6) is 0 Å². The zero-order chi connectivity index (χ0) is 37.0. The summed E-state index contributed by atoms with van der Waals surface area (Å²) in [5.74, 6) is 1.89. The fourth-order valence-electron chi connectivity index (χ4n) is 8.04. The number of nitrogens with zero attached hydrogens (tertiary/aromatic N) is 5. The molecule has 0 radical (unpaired) electrons. The highest BCUT2D eigenvalue weighted by molar-refractivity contribution is 6.15. The summed E-state index contributed by atoms with van der Waals surface area (Å²) in [5, 5.41) is 6.02. The summed E-state index contributed by atoms with van der Waals surface area (Å²) in [7, 11) is 0. The first-order chi connectivity index (χ1) is 27.7. The van der Waals surface area contributed by atoms with Crippen LogP contribution in [0.3, 0.4) is 0 Å². The highest BCUT2D eigenvalue weighted by Gasteiger charge is 2.18. The van der Waals surface area contributed by atoms with Gasteiger partial charge >= 0.3 is 0 Å². The minimum atomic E-state index is 0.618. The van der Waals surface area contributed by atoms with E-state index in [-0.39, 0.29) is 0 Å². The molecular weight excluding hydrogens is 683 g/mol. The Balaban J connectivity index is 1.17. The van der Waals surface area contributed by atoms with Crippen LogP contribution in [0.15, 0.2) is 200 Å². The van der Waals surface area contributed by atoms with E-state index in [1.807, 2.05) is 60.7 Å². The number of fused-ring (bicyclic) bond motifs is 5. The van der Waals surface area contributed by atoms with E-state index in [1.165, 1.54) is 32.4 Å². The van der Waals surface area contributed by atoms with Gasteiger partial charge in [0.25, 0.3) is 0 Å². The van der Waals surface area contributed by atoms with E-state index in [1.54, 1.807) is 0 Å². The summed E-state index contributed by atoms with van der Waals surface area (Å²) >= 11 is 0. The van der Waals surface area contributed by atoms with E-state index in [0.717, 1.165) is 50.2 Å². The van der Waals surface area contributed by atoms with E-state index in [4.69, 9.17) is 15.0 Å². The highest BCUT2D eigenvalue weighted by Crippen LogP contribution is 2.39. The fraction of sp³-hybridized carbons (Fsp3) is 0. The maximum absolute atomic E-state index is 5.15. The molecule has 0 aliphatic carbocycles. The molecule has 3 aromatic heterocycles. The topological polar surface area (TPSA) is 48.5 Å². The third-order valence-electron chi connectivity index (χ3n) is 10.7. The number of hydrogen-bond acceptors (Lipinski definition) is 3. The third kappa shape index (κ3) is 5.45. The molecule has 0 unspecified atom stereocenters. The summed E-state index contributed by atoms with van der Waals surface area (Å²) in [6, 6.07) is 68.4. The molecule has 11 aromatic rings. The minimum absolute atomic E-state index is 0.618. The van der Waals surface area contributed by atoms with Crippen LogP contribution in [-0.2, 0) is 0 Å². The fourth-order valence-corrected chi connectivity index (χ4v) is 8.04. The van der Waals surface area contributed by atoms with Gasteiger partial charge in [-0.05, 0) is 88.6 Å². The molecule has 0 saturated heterocycles. The van der Waals surface area contributed by atoms with Gasteiger partial charge in [-0.2, -0.15) is 0 Å². The first-order valence-electron chi connectivity index (χ1n) is 18.9. The number of rotatable bonds is 6. The van der Waals surface area contributed by atoms with E-state index in [2.05, 4.69) is 149 Å². The van der Waals surface area contributed by atoms with Crippen molar-refractivity contribution < 1.29 is 0 Å². The van der Waals surface area contributed by atoms with Crippen molar-refractivity contribution in [3.05, 3.63) is 200 Å². The predicted molar refractivity (Wildman–Crippen MR) is 230 cm³/mol. The Labute approximate surface area is 323 Å². The second-order valence-corrected chi connectivity index (χ2v) is 14.2. The van der Waals surface area contributed by atoms with Crippen molar-refractivity contribution in [3.8, 4) is 56.7 Å². The third-order valence-corrected chi connectivity index (χ3v) is 10.7. The van der Waals surface area contributed by atoms with E-state index in [9.17, 15) is 0 Å². The van der Waals surface area contributed by atoms with Gasteiger partial charge in [0, 0.05) is 50.4 Å². The monoisotopic (exact) mass is 715 g/mol. The smallest absolute Gasteiger partial charge is 0.164 e. The molecule has 5 nitrogen and oxygen atoms in total. The van der Waals surface area contributed by atoms with Gasteiger partial charge in [0.1, 0.15) is 0 Å². The maximum Gasteiger partial charge on any atom is 0.164 e. The van der Waals surface area contributed by atoms with Gasteiger partial charge in [0.2, 0.25) is 0 Å². The van der Waals surface area contributed by atoms with Crippen LogP contribution in [0.2, 0.25) is 0 Å². The van der Waals surface area contributed by atoms with Crippen molar-refractivity contribution in [2.24, 2.45) is 0 Å². The molecule has 0 atom stereocenters. The molecule has 262 valence electrons. The zero-order valence-corrected chi connectivity index (χ0v) is 30.3. The largest absolute Gasteiger partial charge is 0.317 e. The molecule has 8 aromatic carbocycles. The second-order valence-electron chi connectivity index (χ2n) is 14.2. The lowest BCUT2D eigenvalue weighted by Crippen LogP contribution is -2.01. The van der Waals surface area contributed by atoms with Crippen molar-refractivity contribution in [1.29, 1.82) is 0 Å². The molecular formula is C51H33N5. The molecule has 3 heterocycles. The van der Waals surface area contributed by atoms with Crippen molar-refractivity contribution >= 4 is 43.5 Å². The molecule has 0 amide bonds. The summed E-state index contributed by atoms with van der Waals surface area (Å²) in [5.41, 5.74) is 10.6. The van der Waals surface area contributed by atoms with Crippen molar-refractivity contribution in [1.82, 2.24) is 24.1 Å². The van der Waals surface area contributed by atoms with Crippen molar-refractivity contribution in [2.75, 3.05) is 0 Å². The van der Waals surface area contributed by atoms with Gasteiger partial charge in [0.15, 0.2) is 17.5 Å². The molecule has 5 heteroatoms. The highest BCUT2D eigenvalue weighted by atomic mass is 15.0. The molecule has 0 bridgehead atoms. The summed E-state index contributed by atoms with van der Waals surface area (Å²) < 4.78 is 4.67. The Kier molecular flexibility index (Phi) is 7.42. The average molecular weight is 716 g/mol. The molecule has 0 aliphatic rings. The minimum Gasteiger partial charge on any atom is -0.317 e. The second kappa shape index (κ2) is 13.0. The van der Waals surface area contributed by atoms with Gasteiger partial charge in [-0.3, -0.25) is 0 Å². The lowest BCUT2D eigenvalue weighted by molar-refractivity contribution is 1.07. The van der Waals surface area contributed by atoms with Gasteiger partial charge in [0.05, 0.1) is 16.6 Å². The Morgan fingerprint density at radius 3 is 1.52 bits per heavy atom. The predicted octanol–water partition coefficient (Wildman–Crippen LogP) is 12.7. The average Bonchev–Trinajstić information content (AvgIpc) is 3.84. The molecule has 0 saturated carbocycles. The van der Waals surface area contributed by atoms with Crippen LogP contribution in [0.4, 0.5) is 0 Å². The van der Waals surface area contributed by atoms with Gasteiger partial charge in [-0.1, -0.05) is 127 Å². The van der Waals surface area contributed by atoms with Gasteiger partial charge in [-0.15, -0.1) is 0 Å². The lowest BCUT2D eigenvalue weighted by atomic mass is 10.0. The molecule has 56 heavy (non-hydrogen) atoms. The quantitative estimate of drug-likeness (QED) is 0.172. The Bertz CT molecular complexity index is 3160. The SMILES string of the molecule is c1ccc(-c2cc(-c3nc(-c4ccccc4)nc(-c4ccccc4)n3)cc(-n3c4ccccc4c4cc5cc6ccn(-c7ccccc7)c6cc5cc43)c2)cc1. The van der Waals surface area contributed by atoms with E-state index in [0.29, 0.717) is 17.5 Å². The molecule has 0 N–H and O–H groups in total. The van der Waals surface area contributed by atoms with Gasteiger partial charge in [-0.25, -0.2) is 15.0 Å². The van der Waals surface area contributed by atoms with Crippen molar-refractivity contribution in [2.45, 2.75) is 0 Å². The first kappa shape index (κ1) is 31.9. The zero-order valence-electron chi connectivity index (χ0n) is 30.3. The lowest BCUT2D eigenvalue weighted by Gasteiger charge is -2.15. The first-order valence-corrected chi connectivity index (χ1v) is 18.9. The van der Waals surface area contributed by atoms with Crippen LogP contribution in [-0.4, -0.2) is 24.1 Å². The van der Waals surface area contributed by atoms with Gasteiger partial charge < -0.3 is 9.13 Å². The molecule has 0 fully saturated rings. The summed E-state index contributed by atoms with van der Waals surface area (Å²) in [4.78, 5) is 15.3.